The van der Waals surface area contributed by atoms with Crippen molar-refractivity contribution < 1.29 is 14.3 Å². The number of allylic oxidation sites excluding steroid dienone is 1. The summed E-state index contributed by atoms with van der Waals surface area (Å²) in [5.74, 6) is -0.884. The SMILES string of the molecule is COC(=O)C1=C(C)N(c2ccc(Cl)cc2)C(=O)/C1=C\c1cccc(Cl)c1. The fraction of sp³-hybridized carbons (Fsp3) is 0.100. The highest BCUT2D eigenvalue weighted by atomic mass is 35.5. The molecule has 0 unspecified atom stereocenters. The summed E-state index contributed by atoms with van der Waals surface area (Å²) >= 11 is 12.0. The summed E-state index contributed by atoms with van der Waals surface area (Å²) in [6.07, 6.45) is 1.64. The van der Waals surface area contributed by atoms with E-state index in [0.29, 0.717) is 27.0 Å². The van der Waals surface area contributed by atoms with Gasteiger partial charge in [-0.05, 0) is 55.0 Å². The number of carbonyl (C=O) groups is 2. The van der Waals surface area contributed by atoms with Gasteiger partial charge in [0, 0.05) is 21.4 Å². The molecule has 0 fully saturated rings. The quantitative estimate of drug-likeness (QED) is 0.557. The van der Waals surface area contributed by atoms with E-state index in [2.05, 4.69) is 0 Å². The molecule has 0 atom stereocenters. The van der Waals surface area contributed by atoms with Crippen LogP contribution in [0.4, 0.5) is 5.69 Å². The molecule has 0 radical (unpaired) electrons. The van der Waals surface area contributed by atoms with Crippen LogP contribution in [0.3, 0.4) is 0 Å². The summed E-state index contributed by atoms with van der Waals surface area (Å²) in [5, 5.41) is 1.10. The third-order valence-electron chi connectivity index (χ3n) is 4.03. The van der Waals surface area contributed by atoms with Gasteiger partial charge in [0.25, 0.3) is 5.91 Å². The number of halogens is 2. The van der Waals surface area contributed by atoms with E-state index in [-0.39, 0.29) is 17.1 Å². The Morgan fingerprint density at radius 3 is 2.38 bits per heavy atom. The molecule has 3 rings (SSSR count). The second kappa shape index (κ2) is 7.36. The number of nitrogens with zero attached hydrogens (tertiary/aromatic N) is 1. The van der Waals surface area contributed by atoms with Gasteiger partial charge in [-0.25, -0.2) is 4.79 Å². The van der Waals surface area contributed by atoms with Crippen molar-refractivity contribution in [1.82, 2.24) is 0 Å². The first-order valence-corrected chi connectivity index (χ1v) is 8.55. The summed E-state index contributed by atoms with van der Waals surface area (Å²) in [5.41, 5.74) is 2.32. The average molecular weight is 388 g/mol. The van der Waals surface area contributed by atoms with Crippen molar-refractivity contribution in [2.45, 2.75) is 6.92 Å². The molecule has 26 heavy (non-hydrogen) atoms. The van der Waals surface area contributed by atoms with Gasteiger partial charge in [0.05, 0.1) is 18.3 Å². The Balaban J connectivity index is 2.13. The van der Waals surface area contributed by atoms with Crippen molar-refractivity contribution in [3.8, 4) is 0 Å². The van der Waals surface area contributed by atoms with Crippen LogP contribution in [0, 0.1) is 0 Å². The third-order valence-corrected chi connectivity index (χ3v) is 4.52. The Morgan fingerprint density at radius 2 is 1.77 bits per heavy atom. The smallest absolute Gasteiger partial charge is 0.340 e. The molecular formula is C20H15Cl2NO3. The van der Waals surface area contributed by atoms with E-state index in [9.17, 15) is 9.59 Å². The van der Waals surface area contributed by atoms with Gasteiger partial charge in [0.15, 0.2) is 0 Å². The largest absolute Gasteiger partial charge is 0.465 e. The lowest BCUT2D eigenvalue weighted by Crippen LogP contribution is -2.24. The zero-order valence-corrected chi connectivity index (χ0v) is 15.6. The number of amides is 1. The number of rotatable bonds is 3. The van der Waals surface area contributed by atoms with Crippen LogP contribution in [-0.2, 0) is 14.3 Å². The molecule has 1 heterocycles. The van der Waals surface area contributed by atoms with Crippen LogP contribution in [-0.4, -0.2) is 19.0 Å². The predicted octanol–water partition coefficient (Wildman–Crippen LogP) is 4.87. The first-order valence-electron chi connectivity index (χ1n) is 7.79. The summed E-state index contributed by atoms with van der Waals surface area (Å²) in [7, 11) is 1.29. The Hall–Kier alpha value is -2.56. The molecule has 4 nitrogen and oxygen atoms in total. The molecule has 0 spiro atoms. The number of ether oxygens (including phenoxy) is 1. The van der Waals surface area contributed by atoms with Gasteiger partial charge >= 0.3 is 5.97 Å². The van der Waals surface area contributed by atoms with Crippen LogP contribution in [0.25, 0.3) is 6.08 Å². The number of carbonyl (C=O) groups excluding carboxylic acids is 2. The van der Waals surface area contributed by atoms with E-state index in [1.165, 1.54) is 12.0 Å². The summed E-state index contributed by atoms with van der Waals surface area (Å²) in [6, 6.07) is 13.9. The third kappa shape index (κ3) is 3.39. The maximum atomic E-state index is 13.1. The minimum atomic E-state index is -0.569. The van der Waals surface area contributed by atoms with Crippen LogP contribution in [0.5, 0.6) is 0 Å². The average Bonchev–Trinajstić information content (AvgIpc) is 2.86. The monoisotopic (exact) mass is 387 g/mol. The maximum Gasteiger partial charge on any atom is 0.340 e. The van der Waals surface area contributed by atoms with Crippen LogP contribution >= 0.6 is 23.2 Å². The summed E-state index contributed by atoms with van der Waals surface area (Å²) in [6.45, 7) is 1.71. The lowest BCUT2D eigenvalue weighted by Gasteiger charge is -2.17. The number of methoxy groups -OCH3 is 1. The van der Waals surface area contributed by atoms with Crippen LogP contribution < -0.4 is 4.90 Å². The number of esters is 1. The van der Waals surface area contributed by atoms with Gasteiger partial charge in [-0.15, -0.1) is 0 Å². The van der Waals surface area contributed by atoms with Crippen LogP contribution in [0.1, 0.15) is 12.5 Å². The van der Waals surface area contributed by atoms with Crippen LogP contribution in [0.15, 0.2) is 65.4 Å². The van der Waals surface area contributed by atoms with Gasteiger partial charge in [0.2, 0.25) is 0 Å². The Morgan fingerprint density at radius 1 is 1.08 bits per heavy atom. The van der Waals surface area contributed by atoms with Crippen LogP contribution in [0.2, 0.25) is 10.0 Å². The second-order valence-corrected chi connectivity index (χ2v) is 6.55. The van der Waals surface area contributed by atoms with Gasteiger partial charge < -0.3 is 4.74 Å². The van der Waals surface area contributed by atoms with E-state index < -0.39 is 5.97 Å². The molecule has 2 aromatic rings. The van der Waals surface area contributed by atoms with Gasteiger partial charge in [-0.2, -0.15) is 0 Å². The second-order valence-electron chi connectivity index (χ2n) is 5.68. The molecule has 2 aromatic carbocycles. The number of hydrogen-bond acceptors (Lipinski definition) is 3. The number of benzene rings is 2. The number of anilines is 1. The minimum absolute atomic E-state index is 0.229. The fourth-order valence-electron chi connectivity index (χ4n) is 2.84. The molecular weight excluding hydrogens is 373 g/mol. The predicted molar refractivity (Wildman–Crippen MR) is 103 cm³/mol. The topological polar surface area (TPSA) is 46.6 Å². The first-order chi connectivity index (χ1) is 12.4. The molecule has 1 aliphatic heterocycles. The normalized spacial score (nSPS) is 15.8. The standard InChI is InChI=1S/C20H15Cl2NO3/c1-12-18(20(25)26-2)17(11-13-4-3-5-15(22)10-13)19(24)23(12)16-8-6-14(21)7-9-16/h3-11H,1-2H3/b17-11-. The highest BCUT2D eigenvalue weighted by Crippen LogP contribution is 2.35. The van der Waals surface area contributed by atoms with Gasteiger partial charge in [-0.1, -0.05) is 35.3 Å². The minimum Gasteiger partial charge on any atom is -0.465 e. The number of hydrogen-bond donors (Lipinski definition) is 0. The van der Waals surface area contributed by atoms with E-state index >= 15 is 0 Å². The van der Waals surface area contributed by atoms with Gasteiger partial charge in [0.1, 0.15) is 0 Å². The van der Waals surface area contributed by atoms with E-state index in [1.807, 2.05) is 0 Å². The highest BCUT2D eigenvalue weighted by molar-refractivity contribution is 6.31. The Labute approximate surface area is 161 Å². The van der Waals surface area contributed by atoms with Crippen molar-refractivity contribution in [3.63, 3.8) is 0 Å². The molecule has 0 N–H and O–H groups in total. The molecule has 132 valence electrons. The zero-order valence-electron chi connectivity index (χ0n) is 14.1. The lowest BCUT2D eigenvalue weighted by molar-refractivity contribution is -0.136. The zero-order chi connectivity index (χ0) is 18.8. The van der Waals surface area contributed by atoms with E-state index in [1.54, 1.807) is 61.5 Å². The molecule has 1 aliphatic rings. The summed E-state index contributed by atoms with van der Waals surface area (Å²) in [4.78, 5) is 26.9. The Kier molecular flexibility index (Phi) is 5.16. The first kappa shape index (κ1) is 18.2. The lowest BCUT2D eigenvalue weighted by atomic mass is 10.0. The van der Waals surface area contributed by atoms with Crippen molar-refractivity contribution in [3.05, 3.63) is 81.0 Å². The molecule has 1 amide bonds. The maximum absolute atomic E-state index is 13.1. The molecule has 0 aliphatic carbocycles. The molecule has 0 saturated carbocycles. The Bertz CT molecular complexity index is 946. The molecule has 0 bridgehead atoms. The fourth-order valence-corrected chi connectivity index (χ4v) is 3.17. The van der Waals surface area contributed by atoms with E-state index in [4.69, 9.17) is 27.9 Å². The molecule has 6 heteroatoms. The van der Waals surface area contributed by atoms with Crippen molar-refractivity contribution in [2.24, 2.45) is 0 Å². The van der Waals surface area contributed by atoms with Crippen molar-refractivity contribution in [1.29, 1.82) is 0 Å². The van der Waals surface area contributed by atoms with E-state index in [0.717, 1.165) is 0 Å². The van der Waals surface area contributed by atoms with Crippen molar-refractivity contribution in [2.75, 3.05) is 12.0 Å². The molecule has 0 aromatic heterocycles. The highest BCUT2D eigenvalue weighted by Gasteiger charge is 2.37. The molecule has 0 saturated heterocycles. The van der Waals surface area contributed by atoms with Gasteiger partial charge in [-0.3, -0.25) is 9.69 Å². The van der Waals surface area contributed by atoms with Crippen molar-refractivity contribution >= 4 is 46.8 Å². The summed E-state index contributed by atoms with van der Waals surface area (Å²) < 4.78 is 4.88.